The predicted molar refractivity (Wildman–Crippen MR) is 131 cm³/mol. The van der Waals surface area contributed by atoms with Gasteiger partial charge in [0.1, 0.15) is 46.6 Å². The van der Waals surface area contributed by atoms with Gasteiger partial charge in [-0.25, -0.2) is 19.7 Å². The number of carbonyl (C=O) groups is 3. The second-order valence-corrected chi connectivity index (χ2v) is 9.65. The van der Waals surface area contributed by atoms with Gasteiger partial charge in [0, 0.05) is 16.7 Å². The molecule has 2 amide bonds. The molecule has 0 saturated carbocycles. The van der Waals surface area contributed by atoms with Gasteiger partial charge in [-0.15, -0.1) is 23.1 Å². The van der Waals surface area contributed by atoms with Crippen LogP contribution in [0.5, 0.6) is 0 Å². The van der Waals surface area contributed by atoms with Crippen molar-refractivity contribution in [2.45, 2.75) is 11.4 Å². The number of carboxylic acid groups (broad SMARTS) is 1. The molecule has 0 spiro atoms. The maximum absolute atomic E-state index is 12.9. The lowest BCUT2D eigenvalue weighted by molar-refractivity contribution is -0.150. The van der Waals surface area contributed by atoms with Crippen molar-refractivity contribution in [1.82, 2.24) is 25.2 Å². The van der Waals surface area contributed by atoms with Crippen LogP contribution in [-0.4, -0.2) is 72.7 Å². The summed E-state index contributed by atoms with van der Waals surface area (Å²) in [5.74, 6) is -2.36. The SMILES string of the molecule is CO/N=C(\C(=O)N[C@@H]1C(=O)N2C(C(=O)O)=C(/C=C/c3c(Cl)ncnc3Cl)CS[C@H]12)c1csc(N)n1. The number of carbonyl (C=O) groups excluding carboxylic acids is 2. The number of hydrogen-bond donors (Lipinski definition) is 3. The van der Waals surface area contributed by atoms with Crippen molar-refractivity contribution in [3.8, 4) is 0 Å². The number of aliphatic carboxylic acids is 1. The van der Waals surface area contributed by atoms with E-state index < -0.39 is 29.2 Å². The minimum Gasteiger partial charge on any atom is -0.477 e. The Morgan fingerprint density at radius 3 is 2.66 bits per heavy atom. The number of oxime groups is 1. The second-order valence-electron chi connectivity index (χ2n) is 6.94. The maximum Gasteiger partial charge on any atom is 0.352 e. The summed E-state index contributed by atoms with van der Waals surface area (Å²) in [6, 6.07) is -0.975. The third-order valence-electron chi connectivity index (χ3n) is 4.89. The van der Waals surface area contributed by atoms with E-state index in [1.54, 1.807) is 0 Å². The Bertz CT molecular complexity index is 1290. The molecule has 4 N–H and O–H groups in total. The molecular formula is C19H15Cl2N7O5S2. The summed E-state index contributed by atoms with van der Waals surface area (Å²) < 4.78 is 0. The first-order chi connectivity index (χ1) is 16.7. The van der Waals surface area contributed by atoms with Crippen LogP contribution in [0.3, 0.4) is 0 Å². The van der Waals surface area contributed by atoms with Gasteiger partial charge in [0.05, 0.1) is 0 Å². The lowest BCUT2D eigenvalue weighted by Gasteiger charge is -2.49. The molecule has 2 aliphatic rings. The predicted octanol–water partition coefficient (Wildman–Crippen LogP) is 1.62. The number of anilines is 1. The van der Waals surface area contributed by atoms with Gasteiger partial charge in [-0.05, 0) is 11.6 Å². The van der Waals surface area contributed by atoms with E-state index in [-0.39, 0.29) is 38.3 Å². The van der Waals surface area contributed by atoms with Gasteiger partial charge in [-0.2, -0.15) is 0 Å². The first-order valence-electron chi connectivity index (χ1n) is 9.61. The topological polar surface area (TPSA) is 173 Å². The normalized spacial score (nSPS) is 20.0. The number of β-lactam (4-membered cyclic amide) rings is 1. The molecule has 35 heavy (non-hydrogen) atoms. The summed E-state index contributed by atoms with van der Waals surface area (Å²) >= 11 is 14.5. The minimum absolute atomic E-state index is 0.0956. The smallest absolute Gasteiger partial charge is 0.352 e. The van der Waals surface area contributed by atoms with E-state index >= 15 is 0 Å². The largest absolute Gasteiger partial charge is 0.477 e. The van der Waals surface area contributed by atoms with E-state index in [1.165, 1.54) is 42.7 Å². The number of aromatic nitrogens is 3. The number of nitrogen functional groups attached to an aromatic ring is 1. The van der Waals surface area contributed by atoms with Gasteiger partial charge < -0.3 is 21.0 Å². The molecule has 2 aromatic rings. The highest BCUT2D eigenvalue weighted by Gasteiger charge is 2.54. The number of thioether (sulfide) groups is 1. The lowest BCUT2D eigenvalue weighted by Crippen LogP contribution is -2.71. The van der Waals surface area contributed by atoms with Crippen molar-refractivity contribution in [1.29, 1.82) is 0 Å². The quantitative estimate of drug-likeness (QED) is 0.197. The fourth-order valence-electron chi connectivity index (χ4n) is 3.35. The molecule has 182 valence electrons. The summed E-state index contributed by atoms with van der Waals surface area (Å²) in [5, 5.41) is 17.4. The highest BCUT2D eigenvalue weighted by molar-refractivity contribution is 8.00. The summed E-state index contributed by atoms with van der Waals surface area (Å²) in [6.07, 6.45) is 4.18. The number of nitrogens with two attached hydrogens (primary N) is 1. The highest BCUT2D eigenvalue weighted by atomic mass is 35.5. The molecule has 1 fully saturated rings. The molecule has 4 rings (SSSR count). The molecule has 12 nitrogen and oxygen atoms in total. The number of nitrogens with one attached hydrogen (secondary N) is 1. The molecule has 0 unspecified atom stereocenters. The van der Waals surface area contributed by atoms with Crippen LogP contribution >= 0.6 is 46.3 Å². The Balaban J connectivity index is 1.56. The number of hydrogen-bond acceptors (Lipinski definition) is 11. The van der Waals surface area contributed by atoms with Crippen LogP contribution in [0.15, 0.2) is 34.2 Å². The first-order valence-corrected chi connectivity index (χ1v) is 12.3. The van der Waals surface area contributed by atoms with Crippen molar-refractivity contribution in [2.75, 3.05) is 18.6 Å². The van der Waals surface area contributed by atoms with Gasteiger partial charge in [0.15, 0.2) is 10.8 Å². The molecule has 0 radical (unpaired) electrons. The molecule has 0 bridgehead atoms. The zero-order chi connectivity index (χ0) is 25.3. The number of carboxylic acids is 1. The van der Waals surface area contributed by atoms with E-state index in [0.29, 0.717) is 11.1 Å². The van der Waals surface area contributed by atoms with Crippen molar-refractivity contribution in [3.63, 3.8) is 0 Å². The molecular weight excluding hydrogens is 541 g/mol. The van der Waals surface area contributed by atoms with Gasteiger partial charge in [0.25, 0.3) is 11.8 Å². The standard InChI is InChI=1S/C19H15Cl2N7O5S2/c1-33-27-10(9-5-35-19(22)25-9)15(29)26-11-16(30)28-12(18(31)32)7(4-34-17(11)28)2-3-8-13(20)23-6-24-14(8)21/h2-3,5-6,11,17H,4H2,1H3,(H2,22,25)(H,26,29)(H,31,32)/b3-2+,27-10-/t11-,17-/m1/s1. The molecule has 2 aliphatic heterocycles. The number of allylic oxidation sites excluding steroid dienone is 1. The monoisotopic (exact) mass is 555 g/mol. The molecule has 1 saturated heterocycles. The Hall–Kier alpha value is -3.20. The number of thiazole rings is 1. The molecule has 0 aliphatic carbocycles. The van der Waals surface area contributed by atoms with Crippen LogP contribution in [-0.2, 0) is 19.2 Å². The Morgan fingerprint density at radius 2 is 2.06 bits per heavy atom. The van der Waals surface area contributed by atoms with Gasteiger partial charge in [-0.1, -0.05) is 34.4 Å². The molecule has 2 atom stereocenters. The van der Waals surface area contributed by atoms with Crippen LogP contribution in [0.25, 0.3) is 6.08 Å². The third-order valence-corrected chi connectivity index (χ3v) is 7.47. The van der Waals surface area contributed by atoms with Gasteiger partial charge >= 0.3 is 5.97 Å². The van der Waals surface area contributed by atoms with Gasteiger partial charge in [-0.3, -0.25) is 14.5 Å². The molecule has 0 aromatic carbocycles. The zero-order valence-corrected chi connectivity index (χ0v) is 20.8. The van der Waals surface area contributed by atoms with Gasteiger partial charge in [0.2, 0.25) is 0 Å². The molecule has 16 heteroatoms. The lowest BCUT2D eigenvalue weighted by atomic mass is 10.0. The van der Waals surface area contributed by atoms with Crippen LogP contribution in [0.1, 0.15) is 11.3 Å². The van der Waals surface area contributed by atoms with Crippen LogP contribution in [0, 0.1) is 0 Å². The molecule has 4 heterocycles. The number of fused-ring (bicyclic) bond motifs is 1. The highest BCUT2D eigenvalue weighted by Crippen LogP contribution is 2.41. The Morgan fingerprint density at radius 1 is 1.34 bits per heavy atom. The number of amides is 2. The summed E-state index contributed by atoms with van der Waals surface area (Å²) in [4.78, 5) is 55.3. The maximum atomic E-state index is 12.9. The number of rotatable bonds is 7. The first kappa shape index (κ1) is 24.9. The van der Waals surface area contributed by atoms with Crippen molar-refractivity contribution in [3.05, 3.63) is 50.6 Å². The number of nitrogens with zero attached hydrogens (tertiary/aromatic N) is 5. The fourth-order valence-corrected chi connectivity index (χ4v) is 5.66. The van der Waals surface area contributed by atoms with E-state index in [0.717, 1.165) is 16.2 Å². The molecule has 2 aromatic heterocycles. The van der Waals surface area contributed by atoms with E-state index in [1.807, 2.05) is 0 Å². The van der Waals surface area contributed by atoms with Crippen molar-refractivity contribution >= 4 is 81.0 Å². The van der Waals surface area contributed by atoms with Crippen LogP contribution in [0.2, 0.25) is 10.3 Å². The second kappa shape index (κ2) is 10.2. The minimum atomic E-state index is -1.30. The van der Waals surface area contributed by atoms with E-state index in [4.69, 9.17) is 33.8 Å². The average molecular weight is 556 g/mol. The average Bonchev–Trinajstić information content (AvgIpc) is 3.25. The van der Waals surface area contributed by atoms with Crippen LogP contribution in [0.4, 0.5) is 5.13 Å². The van der Waals surface area contributed by atoms with Crippen molar-refractivity contribution in [2.24, 2.45) is 5.16 Å². The van der Waals surface area contributed by atoms with E-state index in [9.17, 15) is 19.5 Å². The van der Waals surface area contributed by atoms with Crippen molar-refractivity contribution < 1.29 is 24.3 Å². The Kier molecular flexibility index (Phi) is 7.25. The summed E-state index contributed by atoms with van der Waals surface area (Å²) in [6.45, 7) is 0. The van der Waals surface area contributed by atoms with E-state index in [2.05, 4.69) is 25.4 Å². The third kappa shape index (κ3) is 4.82. The fraction of sp³-hybridized carbons (Fsp3) is 0.211. The Labute approximate surface area is 215 Å². The number of halogens is 2. The summed E-state index contributed by atoms with van der Waals surface area (Å²) in [7, 11) is 1.26. The zero-order valence-electron chi connectivity index (χ0n) is 17.6. The van der Waals surface area contributed by atoms with Crippen LogP contribution < -0.4 is 11.1 Å². The summed E-state index contributed by atoms with van der Waals surface area (Å²) in [5.41, 5.74) is 6.11.